The lowest BCUT2D eigenvalue weighted by atomic mass is 9.89. The molecule has 4 aromatic carbocycles. The number of carbonyl (C=O) groups is 3. The lowest BCUT2D eigenvalue weighted by Crippen LogP contribution is -2.52. The molecule has 0 spiro atoms. The van der Waals surface area contributed by atoms with E-state index in [0.29, 0.717) is 61.8 Å². The van der Waals surface area contributed by atoms with E-state index in [-0.39, 0.29) is 23.6 Å². The summed E-state index contributed by atoms with van der Waals surface area (Å²) in [6.45, 7) is 6.85. The Morgan fingerprint density at radius 2 is 1.59 bits per heavy atom. The quantitative estimate of drug-likeness (QED) is 0.165. The topological polar surface area (TPSA) is 108 Å². The van der Waals surface area contributed by atoms with Crippen molar-refractivity contribution in [2.45, 2.75) is 43.8 Å². The summed E-state index contributed by atoms with van der Waals surface area (Å²) in [7, 11) is 3.64. The number of hydrogen-bond donors (Lipinski definition) is 1. The lowest BCUT2D eigenvalue weighted by Gasteiger charge is -2.41. The number of morpholine rings is 1. The fourth-order valence-electron chi connectivity index (χ4n) is 8.34. The molecule has 3 aliphatic heterocycles. The molecule has 300 valence electrons. The van der Waals surface area contributed by atoms with Gasteiger partial charge in [0.25, 0.3) is 11.8 Å². The Bertz CT molecular complexity index is 2340. The summed E-state index contributed by atoms with van der Waals surface area (Å²) >= 11 is 1.62. The highest BCUT2D eigenvalue weighted by Gasteiger charge is 2.35. The third-order valence-electron chi connectivity index (χ3n) is 11.9. The zero-order chi connectivity index (χ0) is 40.5. The fourth-order valence-corrected chi connectivity index (χ4v) is 8.74. The smallest absolute Gasteiger partial charge is 0.415 e. The second-order valence-corrected chi connectivity index (χ2v) is 16.2. The number of ether oxygens (including phenoxy) is 2. The maximum Gasteiger partial charge on any atom is 0.415 e. The summed E-state index contributed by atoms with van der Waals surface area (Å²) in [6.07, 6.45) is 2.88. The third-order valence-corrected chi connectivity index (χ3v) is 12.6. The van der Waals surface area contributed by atoms with Gasteiger partial charge in [0.1, 0.15) is 11.5 Å². The Balaban J connectivity index is 1.17. The van der Waals surface area contributed by atoms with E-state index in [0.717, 1.165) is 64.6 Å². The van der Waals surface area contributed by atoms with Gasteiger partial charge in [0.2, 0.25) is 0 Å². The predicted molar refractivity (Wildman–Crippen MR) is 226 cm³/mol. The predicted octanol–water partition coefficient (Wildman–Crippen LogP) is 7.16. The normalized spacial score (nSPS) is 16.7. The first-order valence-electron chi connectivity index (χ1n) is 19.8. The van der Waals surface area contributed by atoms with Crippen LogP contribution >= 0.6 is 11.8 Å². The summed E-state index contributed by atoms with van der Waals surface area (Å²) in [5.74, 6) is 0.313. The van der Waals surface area contributed by atoms with E-state index in [4.69, 9.17) is 9.47 Å². The molecule has 1 saturated heterocycles. The standard InChI is InChI=1S/C46H49N5O6S/c1-30-40(44(53)48(3)35-9-11-37(52)12-10-35)26-43(47(30)2)41-24-32-17-18-50(46(55)57-38-13-15-39(58-4)16-14-38)27-34(32)25-42(41)45(54)51-28-33-8-6-5-7-31(33)23-36(51)29-49-19-21-56-22-20-49/h5-16,24-26,36,52H,17-23,27-29H2,1-4H3/t36-/m0/s1. The summed E-state index contributed by atoms with van der Waals surface area (Å²) in [6, 6.07) is 28.2. The molecular weight excluding hydrogens is 751 g/mol. The zero-order valence-electron chi connectivity index (χ0n) is 33.4. The van der Waals surface area contributed by atoms with Crippen LogP contribution < -0.4 is 9.64 Å². The molecule has 58 heavy (non-hydrogen) atoms. The minimum absolute atomic E-state index is 0.0698. The number of fused-ring (bicyclic) bond motifs is 2. The van der Waals surface area contributed by atoms with Crippen LogP contribution in [0, 0.1) is 6.92 Å². The van der Waals surface area contributed by atoms with Crippen molar-refractivity contribution < 1.29 is 29.0 Å². The highest BCUT2D eigenvalue weighted by atomic mass is 32.2. The Morgan fingerprint density at radius 3 is 2.31 bits per heavy atom. The van der Waals surface area contributed by atoms with Crippen LogP contribution in [0.15, 0.2) is 95.9 Å². The number of aromatic nitrogens is 1. The SMILES string of the molecule is CSc1ccc(OC(=O)N2CCc3cc(-c4cc(C(=O)N(C)c5ccc(O)cc5)c(C)n4C)c(C(=O)N4Cc5ccccc5C[C@H]4CN4CCOCC4)cc3C2)cc1. The minimum atomic E-state index is -0.434. The van der Waals surface area contributed by atoms with Crippen LogP contribution in [0.25, 0.3) is 11.3 Å². The molecule has 8 rings (SSSR count). The molecule has 0 bridgehead atoms. The van der Waals surface area contributed by atoms with E-state index in [9.17, 15) is 14.7 Å². The molecule has 11 nitrogen and oxygen atoms in total. The third kappa shape index (κ3) is 7.96. The summed E-state index contributed by atoms with van der Waals surface area (Å²) in [4.78, 5) is 51.7. The van der Waals surface area contributed by atoms with Crippen LogP contribution in [-0.2, 0) is 37.7 Å². The number of thioether (sulfide) groups is 1. The molecule has 0 aliphatic carbocycles. The number of anilines is 1. The van der Waals surface area contributed by atoms with Crippen molar-refractivity contribution in [1.29, 1.82) is 0 Å². The fraction of sp³-hybridized carbons (Fsp3) is 0.326. The minimum Gasteiger partial charge on any atom is -0.508 e. The molecule has 3 amide bonds. The first-order valence-corrected chi connectivity index (χ1v) is 21.0. The van der Waals surface area contributed by atoms with E-state index in [1.165, 1.54) is 5.56 Å². The van der Waals surface area contributed by atoms with Crippen molar-refractivity contribution in [2.75, 3.05) is 57.6 Å². The first kappa shape index (κ1) is 39.3. The maximum absolute atomic E-state index is 15.4. The summed E-state index contributed by atoms with van der Waals surface area (Å²) in [5, 5.41) is 9.85. The molecule has 5 aromatic rings. The molecule has 4 heterocycles. The van der Waals surface area contributed by atoms with Gasteiger partial charge in [-0.05, 0) is 115 Å². The molecular formula is C46H49N5O6S. The van der Waals surface area contributed by atoms with Crippen LogP contribution in [0.1, 0.15) is 48.7 Å². The Labute approximate surface area is 343 Å². The van der Waals surface area contributed by atoms with Gasteiger partial charge in [0, 0.05) is 92.5 Å². The van der Waals surface area contributed by atoms with Gasteiger partial charge in [0.15, 0.2) is 0 Å². The second kappa shape index (κ2) is 16.7. The van der Waals surface area contributed by atoms with Crippen molar-refractivity contribution in [1.82, 2.24) is 19.3 Å². The summed E-state index contributed by atoms with van der Waals surface area (Å²) in [5.41, 5.74) is 8.27. The van der Waals surface area contributed by atoms with Gasteiger partial charge in [-0.15, -0.1) is 11.8 Å². The monoisotopic (exact) mass is 799 g/mol. The van der Waals surface area contributed by atoms with E-state index in [1.54, 1.807) is 65.0 Å². The van der Waals surface area contributed by atoms with E-state index in [2.05, 4.69) is 29.2 Å². The molecule has 3 aliphatic rings. The zero-order valence-corrected chi connectivity index (χ0v) is 34.3. The average Bonchev–Trinajstić information content (AvgIpc) is 3.55. The van der Waals surface area contributed by atoms with Gasteiger partial charge in [-0.25, -0.2) is 4.79 Å². The van der Waals surface area contributed by atoms with Crippen molar-refractivity contribution >= 4 is 35.4 Å². The van der Waals surface area contributed by atoms with Crippen LogP contribution in [0.4, 0.5) is 10.5 Å². The maximum atomic E-state index is 15.4. The molecule has 0 saturated carbocycles. The molecule has 1 atom stereocenters. The van der Waals surface area contributed by atoms with Gasteiger partial charge in [-0.2, -0.15) is 0 Å². The van der Waals surface area contributed by atoms with E-state index >= 15 is 4.79 Å². The van der Waals surface area contributed by atoms with Gasteiger partial charge >= 0.3 is 6.09 Å². The number of nitrogens with zero attached hydrogens (tertiary/aromatic N) is 5. The highest BCUT2D eigenvalue weighted by molar-refractivity contribution is 7.98. The number of amides is 3. The number of benzene rings is 4. The highest BCUT2D eigenvalue weighted by Crippen LogP contribution is 2.36. The molecule has 0 unspecified atom stereocenters. The number of phenols is 1. The molecule has 1 N–H and O–H groups in total. The first-order chi connectivity index (χ1) is 28.1. The average molecular weight is 800 g/mol. The summed E-state index contributed by atoms with van der Waals surface area (Å²) < 4.78 is 13.4. The number of aromatic hydroxyl groups is 1. The van der Waals surface area contributed by atoms with Crippen LogP contribution in [0.5, 0.6) is 11.5 Å². The van der Waals surface area contributed by atoms with Gasteiger partial charge in [0.05, 0.1) is 18.8 Å². The van der Waals surface area contributed by atoms with Gasteiger partial charge in [-0.3, -0.25) is 14.5 Å². The van der Waals surface area contributed by atoms with Crippen molar-refractivity contribution in [2.24, 2.45) is 7.05 Å². The second-order valence-electron chi connectivity index (χ2n) is 15.3. The Kier molecular flexibility index (Phi) is 11.3. The molecule has 1 fully saturated rings. The Hall–Kier alpha value is -5.56. The number of phenolic OH excluding ortho intramolecular Hbond substituents is 1. The Morgan fingerprint density at radius 1 is 0.862 bits per heavy atom. The van der Waals surface area contributed by atoms with Crippen LogP contribution in [0.2, 0.25) is 0 Å². The van der Waals surface area contributed by atoms with Crippen molar-refractivity contribution in [3.8, 4) is 22.8 Å². The van der Waals surface area contributed by atoms with E-state index < -0.39 is 6.09 Å². The molecule has 0 radical (unpaired) electrons. The molecule has 1 aromatic heterocycles. The van der Waals surface area contributed by atoms with Crippen LogP contribution in [-0.4, -0.2) is 101 Å². The number of carbonyl (C=O) groups excluding carboxylic acids is 3. The lowest BCUT2D eigenvalue weighted by molar-refractivity contribution is 0.0193. The van der Waals surface area contributed by atoms with Crippen molar-refractivity contribution in [3.05, 3.63) is 130 Å². The largest absolute Gasteiger partial charge is 0.508 e. The number of rotatable bonds is 8. The van der Waals surface area contributed by atoms with Gasteiger partial charge < -0.3 is 33.8 Å². The van der Waals surface area contributed by atoms with Gasteiger partial charge in [-0.1, -0.05) is 24.3 Å². The van der Waals surface area contributed by atoms with Crippen LogP contribution in [0.3, 0.4) is 0 Å². The van der Waals surface area contributed by atoms with Crippen molar-refractivity contribution in [3.63, 3.8) is 0 Å². The number of hydrogen-bond acceptors (Lipinski definition) is 8. The molecule has 12 heteroatoms. The van der Waals surface area contributed by atoms with E-state index in [1.807, 2.05) is 60.0 Å².